The van der Waals surface area contributed by atoms with Crippen LogP contribution in [0.4, 0.5) is 25.8 Å². The lowest BCUT2D eigenvalue weighted by molar-refractivity contribution is -0.136. The van der Waals surface area contributed by atoms with Crippen LogP contribution in [0.15, 0.2) is 30.3 Å². The number of nitrogens with two attached hydrogens (primary N) is 1. The van der Waals surface area contributed by atoms with Crippen LogP contribution in [0, 0.1) is 17.6 Å². The number of nitrogen functional groups attached to an aromatic ring is 1. The van der Waals surface area contributed by atoms with Gasteiger partial charge >= 0.3 is 0 Å². The minimum Gasteiger partial charge on any atom is -0.396 e. The summed E-state index contributed by atoms with van der Waals surface area (Å²) in [4.78, 5) is 45.1. The largest absolute Gasteiger partial charge is 0.396 e. The molecule has 0 bridgehead atoms. The van der Waals surface area contributed by atoms with Crippen LogP contribution < -0.4 is 20.9 Å². The monoisotopic (exact) mass is 552 g/mol. The summed E-state index contributed by atoms with van der Waals surface area (Å²) in [5, 5.41) is 2.35. The minimum atomic E-state index is -0.608. The molecule has 2 aromatic carbocycles. The lowest BCUT2D eigenvalue weighted by Gasteiger charge is -2.40. The average Bonchev–Trinajstić information content (AvgIpc) is 3.27. The van der Waals surface area contributed by atoms with Gasteiger partial charge in [0.25, 0.3) is 5.91 Å². The SMILES string of the molecule is Nc1cc(F)c(N2CCC(CN3CCN(c4ccc5c(c4)CN([C@H]4CCC(=O)NC4=O)C5=O)CC3)CC2)cc1F. The van der Waals surface area contributed by atoms with E-state index >= 15 is 0 Å². The molecule has 0 spiro atoms. The van der Waals surface area contributed by atoms with Gasteiger partial charge in [-0.2, -0.15) is 0 Å². The molecule has 0 radical (unpaired) electrons. The Balaban J connectivity index is 1.00. The highest BCUT2D eigenvalue weighted by Crippen LogP contribution is 2.32. The number of hydrogen-bond acceptors (Lipinski definition) is 7. The molecular formula is C29H34F2N6O3. The summed E-state index contributed by atoms with van der Waals surface area (Å²) in [5.41, 5.74) is 8.21. The van der Waals surface area contributed by atoms with Crippen molar-refractivity contribution in [3.05, 3.63) is 53.1 Å². The van der Waals surface area contributed by atoms with Gasteiger partial charge in [0.05, 0.1) is 11.4 Å². The van der Waals surface area contributed by atoms with Gasteiger partial charge in [-0.15, -0.1) is 0 Å². The van der Waals surface area contributed by atoms with E-state index in [1.165, 1.54) is 6.07 Å². The molecule has 11 heteroatoms. The molecule has 0 aromatic heterocycles. The van der Waals surface area contributed by atoms with Crippen LogP contribution in [0.25, 0.3) is 0 Å². The molecule has 3 saturated heterocycles. The Labute approximate surface area is 231 Å². The van der Waals surface area contributed by atoms with Gasteiger partial charge in [-0.1, -0.05) is 0 Å². The van der Waals surface area contributed by atoms with Crippen LogP contribution in [-0.2, 0) is 16.1 Å². The summed E-state index contributed by atoms with van der Waals surface area (Å²) in [5.74, 6) is -1.40. The number of halogens is 2. The molecule has 3 N–H and O–H groups in total. The van der Waals surface area contributed by atoms with Crippen LogP contribution in [-0.4, -0.2) is 79.4 Å². The summed E-state index contributed by atoms with van der Waals surface area (Å²) < 4.78 is 28.2. The summed E-state index contributed by atoms with van der Waals surface area (Å²) in [6.45, 7) is 6.34. The molecule has 0 aliphatic carbocycles. The quantitative estimate of drug-likeness (QED) is 0.434. The van der Waals surface area contributed by atoms with Crippen molar-refractivity contribution < 1.29 is 23.2 Å². The van der Waals surface area contributed by atoms with Crippen molar-refractivity contribution in [1.29, 1.82) is 0 Å². The first kappa shape index (κ1) is 26.5. The molecule has 6 rings (SSSR count). The van der Waals surface area contributed by atoms with Crippen LogP contribution in [0.2, 0.25) is 0 Å². The summed E-state index contributed by atoms with van der Waals surface area (Å²) in [7, 11) is 0. The van der Waals surface area contributed by atoms with Crippen LogP contribution in [0.1, 0.15) is 41.6 Å². The van der Waals surface area contributed by atoms with Crippen molar-refractivity contribution in [3.8, 4) is 0 Å². The zero-order valence-corrected chi connectivity index (χ0v) is 22.4. The van der Waals surface area contributed by atoms with E-state index < -0.39 is 23.6 Å². The summed E-state index contributed by atoms with van der Waals surface area (Å²) >= 11 is 0. The second-order valence-corrected chi connectivity index (χ2v) is 11.3. The number of rotatable bonds is 5. The van der Waals surface area contributed by atoms with E-state index in [4.69, 9.17) is 5.73 Å². The maximum Gasteiger partial charge on any atom is 0.255 e. The number of benzene rings is 2. The fourth-order valence-electron chi connectivity index (χ4n) is 6.46. The average molecular weight is 553 g/mol. The number of hydrogen-bond donors (Lipinski definition) is 2. The third-order valence-corrected chi connectivity index (χ3v) is 8.78. The first-order valence-electron chi connectivity index (χ1n) is 14.0. The highest BCUT2D eigenvalue weighted by atomic mass is 19.1. The minimum absolute atomic E-state index is 0.156. The van der Waals surface area contributed by atoms with Crippen LogP contribution in [0.5, 0.6) is 0 Å². The van der Waals surface area contributed by atoms with E-state index in [0.717, 1.165) is 62.9 Å². The molecule has 212 valence electrons. The number of nitrogens with one attached hydrogen (secondary N) is 1. The molecule has 40 heavy (non-hydrogen) atoms. The topological polar surface area (TPSA) is 102 Å². The summed E-state index contributed by atoms with van der Waals surface area (Å²) in [6, 6.07) is 7.55. The Morgan fingerprint density at radius 3 is 2.35 bits per heavy atom. The molecular weight excluding hydrogens is 518 g/mol. The third kappa shape index (κ3) is 5.10. The van der Waals surface area contributed by atoms with Crippen molar-refractivity contribution in [1.82, 2.24) is 15.1 Å². The Morgan fingerprint density at radius 2 is 1.62 bits per heavy atom. The predicted octanol–water partition coefficient (Wildman–Crippen LogP) is 2.35. The number of fused-ring (bicyclic) bond motifs is 1. The molecule has 3 fully saturated rings. The highest BCUT2D eigenvalue weighted by molar-refractivity contribution is 6.05. The van der Waals surface area contributed by atoms with E-state index in [2.05, 4.69) is 21.2 Å². The first-order valence-corrected chi connectivity index (χ1v) is 14.0. The lowest BCUT2D eigenvalue weighted by Crippen LogP contribution is -2.52. The molecule has 1 atom stereocenters. The maximum absolute atomic E-state index is 14.3. The maximum atomic E-state index is 14.3. The standard InChI is InChI=1S/C29H34F2N6O3/c30-22-15-26(23(31)14-24(22)32)36-7-5-18(6-8-36)16-34-9-11-35(12-10-34)20-1-2-21-19(13-20)17-37(29(21)40)25-3-4-27(38)33-28(25)39/h1-2,13-15,18,25H,3-12,16-17,32H2,(H,33,38,39)/t25-/m0/s1. The Morgan fingerprint density at radius 1 is 0.875 bits per heavy atom. The van der Waals surface area contributed by atoms with Gasteiger partial charge in [-0.25, -0.2) is 8.78 Å². The molecule has 4 heterocycles. The first-order chi connectivity index (χ1) is 19.3. The zero-order chi connectivity index (χ0) is 28.0. The van der Waals surface area contributed by atoms with E-state index in [1.807, 2.05) is 17.0 Å². The molecule has 0 saturated carbocycles. The second-order valence-electron chi connectivity index (χ2n) is 11.3. The number of amides is 3. The Hall–Kier alpha value is -3.73. The number of anilines is 3. The third-order valence-electron chi connectivity index (χ3n) is 8.78. The number of piperidine rings is 2. The van der Waals surface area contributed by atoms with Crippen LogP contribution >= 0.6 is 0 Å². The molecule has 4 aliphatic rings. The normalized spacial score (nSPS) is 22.6. The van der Waals surface area contributed by atoms with Gasteiger partial charge in [0, 0.05) is 82.2 Å². The number of nitrogens with zero attached hydrogens (tertiary/aromatic N) is 4. The molecule has 2 aromatic rings. The fraction of sp³-hybridized carbons (Fsp3) is 0.483. The lowest BCUT2D eigenvalue weighted by atomic mass is 9.95. The molecule has 0 unspecified atom stereocenters. The van der Waals surface area contributed by atoms with E-state index in [9.17, 15) is 23.2 Å². The van der Waals surface area contributed by atoms with Gasteiger partial charge in [-0.05, 0) is 48.9 Å². The van der Waals surface area contributed by atoms with Gasteiger partial charge in [0.1, 0.15) is 17.7 Å². The van der Waals surface area contributed by atoms with E-state index in [1.54, 1.807) is 4.90 Å². The van der Waals surface area contributed by atoms with Gasteiger partial charge in [0.2, 0.25) is 11.8 Å². The van der Waals surface area contributed by atoms with E-state index in [0.29, 0.717) is 37.5 Å². The van der Waals surface area contributed by atoms with Crippen molar-refractivity contribution in [3.63, 3.8) is 0 Å². The Bertz CT molecular complexity index is 1340. The van der Waals surface area contributed by atoms with Crippen molar-refractivity contribution in [2.24, 2.45) is 5.92 Å². The van der Waals surface area contributed by atoms with Crippen LogP contribution in [0.3, 0.4) is 0 Å². The Kier molecular flexibility index (Phi) is 7.07. The molecule has 3 amide bonds. The van der Waals surface area contributed by atoms with Crippen molar-refractivity contribution in [2.75, 3.05) is 61.3 Å². The predicted molar refractivity (Wildman–Crippen MR) is 147 cm³/mol. The van der Waals surface area contributed by atoms with E-state index in [-0.39, 0.29) is 29.6 Å². The summed E-state index contributed by atoms with van der Waals surface area (Å²) in [6.07, 6.45) is 2.45. The number of piperazine rings is 1. The van der Waals surface area contributed by atoms with Gasteiger partial charge in [-0.3, -0.25) is 24.6 Å². The molecule has 4 aliphatic heterocycles. The zero-order valence-electron chi connectivity index (χ0n) is 22.4. The number of imide groups is 1. The fourth-order valence-corrected chi connectivity index (χ4v) is 6.46. The molecule has 9 nitrogen and oxygen atoms in total. The van der Waals surface area contributed by atoms with Crippen molar-refractivity contribution in [2.45, 2.75) is 38.3 Å². The highest BCUT2D eigenvalue weighted by Gasteiger charge is 2.39. The van der Waals surface area contributed by atoms with Crippen molar-refractivity contribution >= 4 is 34.8 Å². The van der Waals surface area contributed by atoms with Gasteiger partial charge < -0.3 is 20.4 Å². The van der Waals surface area contributed by atoms with Gasteiger partial charge in [0.15, 0.2) is 0 Å². The number of carbonyl (C=O) groups excluding carboxylic acids is 3. The number of carbonyl (C=O) groups is 3. The second kappa shape index (κ2) is 10.7. The smallest absolute Gasteiger partial charge is 0.255 e.